The standard InChI is InChI=1S/C9H13BrN2/c1-2-12-9-5-8(10)4-3-7(9)6-11/h3-5,12H,2,6,11H2,1H3. The van der Waals surface area contributed by atoms with Crippen LogP contribution in [0.3, 0.4) is 0 Å². The molecule has 12 heavy (non-hydrogen) atoms. The van der Waals surface area contributed by atoms with Crippen molar-refractivity contribution in [3.63, 3.8) is 0 Å². The second-order valence-corrected chi connectivity index (χ2v) is 3.45. The molecule has 0 amide bonds. The Hall–Kier alpha value is -0.540. The van der Waals surface area contributed by atoms with E-state index in [0.717, 1.165) is 22.3 Å². The molecule has 0 saturated heterocycles. The number of benzene rings is 1. The maximum atomic E-state index is 5.58. The Morgan fingerprint density at radius 3 is 2.83 bits per heavy atom. The topological polar surface area (TPSA) is 38.0 Å². The fourth-order valence-electron chi connectivity index (χ4n) is 1.08. The van der Waals surface area contributed by atoms with Crippen molar-refractivity contribution in [1.29, 1.82) is 0 Å². The quantitative estimate of drug-likeness (QED) is 0.834. The molecular weight excluding hydrogens is 216 g/mol. The van der Waals surface area contributed by atoms with Gasteiger partial charge in [-0.25, -0.2) is 0 Å². The third kappa shape index (κ3) is 2.22. The average Bonchev–Trinajstić information content (AvgIpc) is 2.05. The second kappa shape index (κ2) is 4.48. The molecule has 3 heteroatoms. The first-order chi connectivity index (χ1) is 5.77. The van der Waals surface area contributed by atoms with Crippen molar-refractivity contribution >= 4 is 21.6 Å². The minimum Gasteiger partial charge on any atom is -0.385 e. The smallest absolute Gasteiger partial charge is 0.0396 e. The highest BCUT2D eigenvalue weighted by Crippen LogP contribution is 2.20. The van der Waals surface area contributed by atoms with Crippen LogP contribution in [0.15, 0.2) is 22.7 Å². The van der Waals surface area contributed by atoms with Crippen LogP contribution < -0.4 is 11.1 Å². The van der Waals surface area contributed by atoms with E-state index in [9.17, 15) is 0 Å². The fraction of sp³-hybridized carbons (Fsp3) is 0.333. The van der Waals surface area contributed by atoms with Gasteiger partial charge in [-0.2, -0.15) is 0 Å². The Bertz CT molecular complexity index is 261. The molecule has 1 aromatic rings. The van der Waals surface area contributed by atoms with E-state index in [1.54, 1.807) is 0 Å². The van der Waals surface area contributed by atoms with Gasteiger partial charge in [-0.1, -0.05) is 22.0 Å². The van der Waals surface area contributed by atoms with Crippen LogP contribution in [0.2, 0.25) is 0 Å². The summed E-state index contributed by atoms with van der Waals surface area (Å²) in [5.74, 6) is 0. The van der Waals surface area contributed by atoms with Gasteiger partial charge in [0.2, 0.25) is 0 Å². The van der Waals surface area contributed by atoms with Crippen LogP contribution in [-0.4, -0.2) is 6.54 Å². The monoisotopic (exact) mass is 228 g/mol. The molecule has 2 nitrogen and oxygen atoms in total. The average molecular weight is 229 g/mol. The SMILES string of the molecule is CCNc1cc(Br)ccc1CN. The van der Waals surface area contributed by atoms with Gasteiger partial charge in [0, 0.05) is 23.2 Å². The Labute approximate surface area is 81.3 Å². The summed E-state index contributed by atoms with van der Waals surface area (Å²) in [5, 5.41) is 3.26. The Kier molecular flexibility index (Phi) is 3.56. The van der Waals surface area contributed by atoms with Gasteiger partial charge in [0.25, 0.3) is 0 Å². The maximum absolute atomic E-state index is 5.58. The zero-order valence-corrected chi connectivity index (χ0v) is 8.69. The molecule has 0 unspecified atom stereocenters. The predicted octanol–water partition coefficient (Wildman–Crippen LogP) is 2.34. The van der Waals surface area contributed by atoms with Gasteiger partial charge < -0.3 is 11.1 Å². The van der Waals surface area contributed by atoms with E-state index in [1.165, 1.54) is 0 Å². The Morgan fingerprint density at radius 1 is 1.50 bits per heavy atom. The van der Waals surface area contributed by atoms with E-state index in [4.69, 9.17) is 5.73 Å². The second-order valence-electron chi connectivity index (χ2n) is 2.54. The van der Waals surface area contributed by atoms with E-state index in [-0.39, 0.29) is 0 Å². The number of halogens is 1. The zero-order valence-electron chi connectivity index (χ0n) is 7.10. The summed E-state index contributed by atoms with van der Waals surface area (Å²) < 4.78 is 1.08. The van der Waals surface area contributed by atoms with Gasteiger partial charge in [-0.05, 0) is 24.6 Å². The van der Waals surface area contributed by atoms with Crippen LogP contribution in [0.25, 0.3) is 0 Å². The lowest BCUT2D eigenvalue weighted by Crippen LogP contribution is -2.04. The van der Waals surface area contributed by atoms with Gasteiger partial charge in [0.15, 0.2) is 0 Å². The first-order valence-electron chi connectivity index (χ1n) is 4.00. The van der Waals surface area contributed by atoms with E-state index >= 15 is 0 Å². The lowest BCUT2D eigenvalue weighted by atomic mass is 10.2. The fourth-order valence-corrected chi connectivity index (χ4v) is 1.44. The molecule has 0 fully saturated rings. The van der Waals surface area contributed by atoms with Crippen LogP contribution in [-0.2, 0) is 6.54 Å². The van der Waals surface area contributed by atoms with Gasteiger partial charge >= 0.3 is 0 Å². The molecule has 66 valence electrons. The Morgan fingerprint density at radius 2 is 2.25 bits per heavy atom. The van der Waals surface area contributed by atoms with E-state index < -0.39 is 0 Å². The normalized spacial score (nSPS) is 9.92. The molecule has 0 aliphatic carbocycles. The van der Waals surface area contributed by atoms with Gasteiger partial charge in [-0.3, -0.25) is 0 Å². The van der Waals surface area contributed by atoms with Crippen molar-refractivity contribution in [3.8, 4) is 0 Å². The molecule has 0 radical (unpaired) electrons. The van der Waals surface area contributed by atoms with Gasteiger partial charge in [0.05, 0.1) is 0 Å². The molecular formula is C9H13BrN2. The predicted molar refractivity (Wildman–Crippen MR) is 56.2 cm³/mol. The van der Waals surface area contributed by atoms with E-state index in [2.05, 4.69) is 28.2 Å². The summed E-state index contributed by atoms with van der Waals surface area (Å²) in [6.45, 7) is 3.57. The third-order valence-corrected chi connectivity index (χ3v) is 2.15. The lowest BCUT2D eigenvalue weighted by molar-refractivity contribution is 1.06. The molecule has 0 spiro atoms. The molecule has 1 rings (SSSR count). The number of anilines is 1. The van der Waals surface area contributed by atoms with Gasteiger partial charge in [-0.15, -0.1) is 0 Å². The molecule has 0 aliphatic rings. The van der Waals surface area contributed by atoms with Crippen LogP contribution in [0.4, 0.5) is 5.69 Å². The van der Waals surface area contributed by atoms with Crippen molar-refractivity contribution in [1.82, 2.24) is 0 Å². The van der Waals surface area contributed by atoms with Crippen LogP contribution in [0, 0.1) is 0 Å². The van der Waals surface area contributed by atoms with E-state index in [1.807, 2.05) is 18.2 Å². The van der Waals surface area contributed by atoms with Crippen molar-refractivity contribution in [2.75, 3.05) is 11.9 Å². The highest BCUT2D eigenvalue weighted by Gasteiger charge is 1.99. The number of nitrogens with two attached hydrogens (primary N) is 1. The largest absolute Gasteiger partial charge is 0.385 e. The molecule has 0 bridgehead atoms. The first kappa shape index (κ1) is 9.55. The molecule has 0 heterocycles. The molecule has 0 aliphatic heterocycles. The van der Waals surface area contributed by atoms with Crippen molar-refractivity contribution in [2.45, 2.75) is 13.5 Å². The zero-order chi connectivity index (χ0) is 8.97. The highest BCUT2D eigenvalue weighted by atomic mass is 79.9. The molecule has 1 aromatic carbocycles. The summed E-state index contributed by atoms with van der Waals surface area (Å²) in [4.78, 5) is 0. The summed E-state index contributed by atoms with van der Waals surface area (Å²) in [6, 6.07) is 6.08. The summed E-state index contributed by atoms with van der Waals surface area (Å²) >= 11 is 3.41. The maximum Gasteiger partial charge on any atom is 0.0396 e. The summed E-state index contributed by atoms with van der Waals surface area (Å²) in [7, 11) is 0. The Balaban J connectivity index is 2.95. The van der Waals surface area contributed by atoms with Crippen molar-refractivity contribution < 1.29 is 0 Å². The van der Waals surface area contributed by atoms with Gasteiger partial charge in [0.1, 0.15) is 0 Å². The first-order valence-corrected chi connectivity index (χ1v) is 4.79. The summed E-state index contributed by atoms with van der Waals surface area (Å²) in [6.07, 6.45) is 0. The van der Waals surface area contributed by atoms with Crippen LogP contribution in [0.1, 0.15) is 12.5 Å². The molecule has 3 N–H and O–H groups in total. The van der Waals surface area contributed by atoms with E-state index in [0.29, 0.717) is 6.54 Å². The minimum absolute atomic E-state index is 0.579. The summed E-state index contributed by atoms with van der Waals surface area (Å²) in [5.41, 5.74) is 7.85. The third-order valence-electron chi connectivity index (χ3n) is 1.66. The number of nitrogens with one attached hydrogen (secondary N) is 1. The van der Waals surface area contributed by atoms with Crippen LogP contribution >= 0.6 is 15.9 Å². The number of hydrogen-bond donors (Lipinski definition) is 2. The number of rotatable bonds is 3. The number of hydrogen-bond acceptors (Lipinski definition) is 2. The molecule has 0 aromatic heterocycles. The van der Waals surface area contributed by atoms with Crippen molar-refractivity contribution in [3.05, 3.63) is 28.2 Å². The minimum atomic E-state index is 0.579. The van der Waals surface area contributed by atoms with Crippen molar-refractivity contribution in [2.24, 2.45) is 5.73 Å². The molecule has 0 saturated carbocycles. The highest BCUT2D eigenvalue weighted by molar-refractivity contribution is 9.10. The lowest BCUT2D eigenvalue weighted by Gasteiger charge is -2.08. The van der Waals surface area contributed by atoms with Crippen LogP contribution in [0.5, 0.6) is 0 Å². The molecule has 0 atom stereocenters.